The predicted molar refractivity (Wildman–Crippen MR) is 105 cm³/mol. The quantitative estimate of drug-likeness (QED) is 0.319. The molecule has 0 atom stereocenters. The van der Waals surface area contributed by atoms with E-state index in [9.17, 15) is 18.0 Å². The van der Waals surface area contributed by atoms with Crippen molar-refractivity contribution in [1.29, 1.82) is 0 Å². The third-order valence-electron chi connectivity index (χ3n) is 4.47. The van der Waals surface area contributed by atoms with Crippen LogP contribution < -0.4 is 10.7 Å². The maximum Gasteiger partial charge on any atom is 0.490 e. The van der Waals surface area contributed by atoms with Crippen LogP contribution in [-0.2, 0) is 4.79 Å². The number of piperazine rings is 1. The summed E-state index contributed by atoms with van der Waals surface area (Å²) in [5, 5.41) is 8.47. The average Bonchev–Trinajstić information content (AvgIpc) is 2.68. The number of carbonyl (C=O) groups excluding carboxylic acids is 1. The molecule has 1 aromatic rings. The van der Waals surface area contributed by atoms with Gasteiger partial charge in [0.05, 0.1) is 0 Å². The molecule has 1 fully saturated rings. The first-order valence-electron chi connectivity index (χ1n) is 9.46. The Morgan fingerprint density at radius 1 is 1.17 bits per heavy atom. The summed E-state index contributed by atoms with van der Waals surface area (Å²) in [7, 11) is 2.14. The Balaban J connectivity index is 0.000000516. The highest BCUT2D eigenvalue weighted by molar-refractivity contribution is 5.94. The number of unbranched alkanes of at least 4 members (excludes halogenated alkanes) is 2. The summed E-state index contributed by atoms with van der Waals surface area (Å²) >= 11 is 0. The molecule has 29 heavy (non-hydrogen) atoms. The Hall–Kier alpha value is -2.33. The molecule has 2 rings (SSSR count). The van der Waals surface area contributed by atoms with E-state index in [1.54, 1.807) is 0 Å². The van der Waals surface area contributed by atoms with Gasteiger partial charge in [-0.1, -0.05) is 25.8 Å². The van der Waals surface area contributed by atoms with Gasteiger partial charge in [-0.3, -0.25) is 9.80 Å². The second kappa shape index (κ2) is 11.6. The smallest absolute Gasteiger partial charge is 0.475 e. The maximum absolute atomic E-state index is 12.4. The minimum atomic E-state index is -5.08. The van der Waals surface area contributed by atoms with Gasteiger partial charge < -0.3 is 14.9 Å². The van der Waals surface area contributed by atoms with Gasteiger partial charge in [-0.2, -0.15) is 13.2 Å². The lowest BCUT2D eigenvalue weighted by Gasteiger charge is -2.34. The van der Waals surface area contributed by atoms with Crippen molar-refractivity contribution in [2.45, 2.75) is 32.4 Å². The number of benzene rings is 1. The van der Waals surface area contributed by atoms with E-state index >= 15 is 0 Å². The van der Waals surface area contributed by atoms with Crippen molar-refractivity contribution in [3.8, 4) is 0 Å². The molecule has 0 aromatic heterocycles. The van der Waals surface area contributed by atoms with Crippen LogP contribution in [0.15, 0.2) is 24.3 Å². The molecule has 1 amide bonds. The Morgan fingerprint density at radius 3 is 2.28 bits per heavy atom. The number of aliphatic carboxylic acids is 1. The molecule has 0 bridgehead atoms. The van der Waals surface area contributed by atoms with Crippen molar-refractivity contribution >= 4 is 17.6 Å². The second-order valence-electron chi connectivity index (χ2n) is 6.85. The van der Waals surface area contributed by atoms with Gasteiger partial charge in [0.1, 0.15) is 0 Å². The number of alkyl halides is 3. The third-order valence-corrected chi connectivity index (χ3v) is 4.47. The fourth-order valence-corrected chi connectivity index (χ4v) is 2.70. The monoisotopic (exact) mass is 418 g/mol. The van der Waals surface area contributed by atoms with Crippen LogP contribution in [0.2, 0.25) is 0 Å². The maximum atomic E-state index is 12.4. The lowest BCUT2D eigenvalue weighted by atomic mass is 10.1. The van der Waals surface area contributed by atoms with E-state index in [-0.39, 0.29) is 5.91 Å². The second-order valence-corrected chi connectivity index (χ2v) is 6.85. The van der Waals surface area contributed by atoms with E-state index < -0.39 is 12.1 Å². The van der Waals surface area contributed by atoms with Crippen LogP contribution in [0, 0.1) is 0 Å². The summed E-state index contributed by atoms with van der Waals surface area (Å²) < 4.78 is 31.7. The predicted octanol–water partition coefficient (Wildman–Crippen LogP) is 2.58. The summed E-state index contributed by atoms with van der Waals surface area (Å²) in [6, 6.07) is 7.83. The first-order valence-corrected chi connectivity index (χ1v) is 9.46. The average molecular weight is 418 g/mol. The van der Waals surface area contributed by atoms with E-state index in [0.717, 1.165) is 51.1 Å². The van der Waals surface area contributed by atoms with Gasteiger partial charge in [0.15, 0.2) is 0 Å². The SMILES string of the molecule is CCCCCN(N)C(=O)c1cccc(N2CCN(C)CC2)c1.O=C(O)C(F)(F)F. The summed E-state index contributed by atoms with van der Waals surface area (Å²) in [6.07, 6.45) is -1.90. The van der Waals surface area contributed by atoms with Gasteiger partial charge in [0.2, 0.25) is 0 Å². The molecule has 1 heterocycles. The number of halogens is 3. The number of nitrogens with zero attached hydrogens (tertiary/aromatic N) is 3. The highest BCUT2D eigenvalue weighted by atomic mass is 19.4. The van der Waals surface area contributed by atoms with E-state index in [4.69, 9.17) is 15.7 Å². The van der Waals surface area contributed by atoms with Crippen LogP contribution in [0.1, 0.15) is 36.5 Å². The van der Waals surface area contributed by atoms with Crippen molar-refractivity contribution in [2.24, 2.45) is 5.84 Å². The molecule has 7 nitrogen and oxygen atoms in total. The summed E-state index contributed by atoms with van der Waals surface area (Å²) in [5.41, 5.74) is 1.79. The van der Waals surface area contributed by atoms with Crippen molar-refractivity contribution < 1.29 is 27.9 Å². The van der Waals surface area contributed by atoms with Crippen molar-refractivity contribution in [3.63, 3.8) is 0 Å². The molecular formula is C19H29F3N4O3. The van der Waals surface area contributed by atoms with Crippen LogP contribution in [-0.4, -0.2) is 72.8 Å². The molecule has 10 heteroatoms. The van der Waals surface area contributed by atoms with Gasteiger partial charge in [-0.05, 0) is 31.7 Å². The summed E-state index contributed by atoms with van der Waals surface area (Å²) in [4.78, 5) is 25.9. The molecular weight excluding hydrogens is 389 g/mol. The molecule has 0 spiro atoms. The van der Waals surface area contributed by atoms with Gasteiger partial charge in [0.25, 0.3) is 5.91 Å². The molecule has 0 saturated carbocycles. The van der Waals surface area contributed by atoms with Crippen molar-refractivity contribution in [1.82, 2.24) is 9.91 Å². The number of carboxylic acid groups (broad SMARTS) is 1. The lowest BCUT2D eigenvalue weighted by molar-refractivity contribution is -0.192. The number of hydrogen-bond acceptors (Lipinski definition) is 5. The van der Waals surface area contributed by atoms with E-state index in [0.29, 0.717) is 12.1 Å². The zero-order valence-corrected chi connectivity index (χ0v) is 16.8. The number of amides is 1. The van der Waals surface area contributed by atoms with E-state index in [1.165, 1.54) is 5.01 Å². The van der Waals surface area contributed by atoms with Crippen molar-refractivity contribution in [3.05, 3.63) is 29.8 Å². The van der Waals surface area contributed by atoms with Crippen LogP contribution >= 0.6 is 0 Å². The van der Waals surface area contributed by atoms with E-state index in [2.05, 4.69) is 29.8 Å². The number of carboxylic acids is 1. The highest BCUT2D eigenvalue weighted by Gasteiger charge is 2.38. The first kappa shape index (κ1) is 24.7. The number of nitrogens with two attached hydrogens (primary N) is 1. The zero-order valence-electron chi connectivity index (χ0n) is 16.8. The number of hydrogen-bond donors (Lipinski definition) is 2. The Labute approximate surface area is 168 Å². The largest absolute Gasteiger partial charge is 0.490 e. The normalized spacial score (nSPS) is 14.8. The molecule has 1 aliphatic heterocycles. The zero-order chi connectivity index (χ0) is 22.0. The first-order chi connectivity index (χ1) is 13.6. The standard InChI is InChI=1S/C17H28N4O.C2HF3O2/c1-3-4-5-9-21(18)17(22)15-7-6-8-16(14-15)20-12-10-19(2)11-13-20;3-2(4,5)1(6)7/h6-8,14H,3-5,9-13,18H2,1-2H3;(H,6,7). The van der Waals surface area contributed by atoms with Crippen LogP contribution in [0.3, 0.4) is 0 Å². The molecule has 1 aliphatic rings. The fourth-order valence-electron chi connectivity index (χ4n) is 2.70. The van der Waals surface area contributed by atoms with Gasteiger partial charge >= 0.3 is 12.1 Å². The number of likely N-dealkylation sites (N-methyl/N-ethyl adjacent to an activating group) is 1. The van der Waals surface area contributed by atoms with Crippen LogP contribution in [0.5, 0.6) is 0 Å². The number of rotatable bonds is 6. The van der Waals surface area contributed by atoms with Gasteiger partial charge in [-0.25, -0.2) is 10.6 Å². The van der Waals surface area contributed by atoms with Crippen LogP contribution in [0.4, 0.5) is 18.9 Å². The molecule has 164 valence electrons. The van der Waals surface area contributed by atoms with E-state index in [1.807, 2.05) is 18.2 Å². The topological polar surface area (TPSA) is 90.1 Å². The summed E-state index contributed by atoms with van der Waals surface area (Å²) in [5.74, 6) is 3.05. The molecule has 0 aliphatic carbocycles. The Bertz CT molecular complexity index is 662. The minimum absolute atomic E-state index is 0.0907. The third kappa shape index (κ3) is 8.70. The molecule has 1 aromatic carbocycles. The number of hydrazine groups is 1. The minimum Gasteiger partial charge on any atom is -0.475 e. The Morgan fingerprint density at radius 2 is 1.76 bits per heavy atom. The molecule has 3 N–H and O–H groups in total. The lowest BCUT2D eigenvalue weighted by Crippen LogP contribution is -2.44. The fraction of sp³-hybridized carbons (Fsp3) is 0.579. The van der Waals surface area contributed by atoms with Crippen LogP contribution in [0.25, 0.3) is 0 Å². The number of carbonyl (C=O) groups is 2. The number of anilines is 1. The van der Waals surface area contributed by atoms with Crippen molar-refractivity contribution in [2.75, 3.05) is 44.7 Å². The van der Waals surface area contributed by atoms with Gasteiger partial charge in [0, 0.05) is 44.0 Å². The Kier molecular flexibility index (Phi) is 9.90. The highest BCUT2D eigenvalue weighted by Crippen LogP contribution is 2.18. The summed E-state index contributed by atoms with van der Waals surface area (Å²) in [6.45, 7) is 6.86. The molecule has 0 unspecified atom stereocenters. The molecule has 1 saturated heterocycles. The molecule has 0 radical (unpaired) electrons. The van der Waals surface area contributed by atoms with Gasteiger partial charge in [-0.15, -0.1) is 0 Å².